The topological polar surface area (TPSA) is 49.4 Å². The predicted molar refractivity (Wildman–Crippen MR) is 104 cm³/mol. The van der Waals surface area contributed by atoms with E-state index >= 15 is 0 Å². The van der Waals surface area contributed by atoms with Gasteiger partial charge in [-0.05, 0) is 23.3 Å². The molecule has 0 aliphatic carbocycles. The highest BCUT2D eigenvalue weighted by Gasteiger charge is 2.32. The van der Waals surface area contributed by atoms with E-state index < -0.39 is 6.04 Å². The summed E-state index contributed by atoms with van der Waals surface area (Å²) in [6.45, 7) is 7.72. The Labute approximate surface area is 159 Å². The standard InChI is InChI=1S/C22H25FN2O2/c1-4-14-24-21(26)20(18-8-6-5-7-9-18)25(22(27)16(2)3)15-17-10-12-19(23)13-11-17/h4-13,16,20H,1,14-15H2,2-3H3,(H,24,26)/t20-/m0/s1. The van der Waals surface area contributed by atoms with Crippen LogP contribution < -0.4 is 5.32 Å². The first-order valence-electron chi connectivity index (χ1n) is 8.92. The molecule has 0 saturated carbocycles. The minimum Gasteiger partial charge on any atom is -0.351 e. The molecule has 2 aromatic rings. The van der Waals surface area contributed by atoms with E-state index in [4.69, 9.17) is 0 Å². The smallest absolute Gasteiger partial charge is 0.247 e. The molecule has 1 atom stereocenters. The van der Waals surface area contributed by atoms with Crippen molar-refractivity contribution in [3.05, 3.63) is 84.2 Å². The molecule has 0 radical (unpaired) electrons. The number of rotatable bonds is 8. The molecule has 4 nitrogen and oxygen atoms in total. The van der Waals surface area contributed by atoms with Crippen LogP contribution >= 0.6 is 0 Å². The van der Waals surface area contributed by atoms with Gasteiger partial charge in [-0.25, -0.2) is 4.39 Å². The van der Waals surface area contributed by atoms with Crippen molar-refractivity contribution in [2.75, 3.05) is 6.54 Å². The Kier molecular flexibility index (Phi) is 7.29. The van der Waals surface area contributed by atoms with Gasteiger partial charge in [0.25, 0.3) is 0 Å². The number of amides is 2. The largest absolute Gasteiger partial charge is 0.351 e. The third-order valence-corrected chi connectivity index (χ3v) is 4.14. The molecule has 0 aliphatic rings. The fourth-order valence-electron chi connectivity index (χ4n) is 2.79. The van der Waals surface area contributed by atoms with Gasteiger partial charge >= 0.3 is 0 Å². The van der Waals surface area contributed by atoms with Crippen molar-refractivity contribution in [3.8, 4) is 0 Å². The summed E-state index contributed by atoms with van der Waals surface area (Å²) in [5.41, 5.74) is 1.47. The van der Waals surface area contributed by atoms with Gasteiger partial charge < -0.3 is 10.2 Å². The van der Waals surface area contributed by atoms with Gasteiger partial charge in [-0.2, -0.15) is 0 Å². The summed E-state index contributed by atoms with van der Waals surface area (Å²) in [5.74, 6) is -1.06. The first-order chi connectivity index (χ1) is 12.9. The second-order valence-electron chi connectivity index (χ2n) is 6.59. The SMILES string of the molecule is C=CCNC(=O)[C@H](c1ccccc1)N(Cc1ccc(F)cc1)C(=O)C(C)C. The molecule has 5 heteroatoms. The van der Waals surface area contributed by atoms with E-state index in [1.54, 1.807) is 37.0 Å². The second-order valence-corrected chi connectivity index (χ2v) is 6.59. The second kappa shape index (κ2) is 9.67. The lowest BCUT2D eigenvalue weighted by atomic mass is 10.0. The van der Waals surface area contributed by atoms with Crippen LogP contribution in [0.2, 0.25) is 0 Å². The van der Waals surface area contributed by atoms with E-state index in [9.17, 15) is 14.0 Å². The highest BCUT2D eigenvalue weighted by atomic mass is 19.1. The Morgan fingerprint density at radius 1 is 1.11 bits per heavy atom. The molecular weight excluding hydrogens is 343 g/mol. The zero-order valence-corrected chi connectivity index (χ0v) is 15.7. The number of halogens is 1. The zero-order chi connectivity index (χ0) is 19.8. The fourth-order valence-corrected chi connectivity index (χ4v) is 2.79. The normalized spacial score (nSPS) is 11.7. The summed E-state index contributed by atoms with van der Waals surface area (Å²) < 4.78 is 13.2. The molecule has 0 aliphatic heterocycles. The lowest BCUT2D eigenvalue weighted by Crippen LogP contribution is -2.44. The van der Waals surface area contributed by atoms with Gasteiger partial charge in [0.05, 0.1) is 0 Å². The minimum atomic E-state index is -0.786. The van der Waals surface area contributed by atoms with Crippen LogP contribution in [0.4, 0.5) is 4.39 Å². The first kappa shape index (κ1) is 20.4. The van der Waals surface area contributed by atoms with Crippen LogP contribution in [0.3, 0.4) is 0 Å². The lowest BCUT2D eigenvalue weighted by Gasteiger charge is -2.32. The van der Waals surface area contributed by atoms with Crippen molar-refractivity contribution >= 4 is 11.8 Å². The molecule has 0 aromatic heterocycles. The van der Waals surface area contributed by atoms with Crippen molar-refractivity contribution in [2.45, 2.75) is 26.4 Å². The molecule has 2 rings (SSSR count). The summed E-state index contributed by atoms with van der Waals surface area (Å²) in [6.07, 6.45) is 1.59. The maximum Gasteiger partial charge on any atom is 0.247 e. The van der Waals surface area contributed by atoms with Crippen molar-refractivity contribution in [2.24, 2.45) is 5.92 Å². The maximum atomic E-state index is 13.2. The van der Waals surface area contributed by atoms with Crippen molar-refractivity contribution in [3.63, 3.8) is 0 Å². The third-order valence-electron chi connectivity index (χ3n) is 4.14. The molecule has 0 fully saturated rings. The van der Waals surface area contributed by atoms with Crippen molar-refractivity contribution < 1.29 is 14.0 Å². The van der Waals surface area contributed by atoms with Gasteiger partial charge in [0.2, 0.25) is 11.8 Å². The van der Waals surface area contributed by atoms with Gasteiger partial charge in [-0.15, -0.1) is 6.58 Å². The Morgan fingerprint density at radius 2 is 1.74 bits per heavy atom. The summed E-state index contributed by atoms with van der Waals surface area (Å²) in [7, 11) is 0. The van der Waals surface area contributed by atoms with Gasteiger partial charge in [-0.1, -0.05) is 62.4 Å². The summed E-state index contributed by atoms with van der Waals surface area (Å²) in [6, 6.07) is 14.3. The van der Waals surface area contributed by atoms with Crippen molar-refractivity contribution in [1.82, 2.24) is 10.2 Å². The fraction of sp³-hybridized carbons (Fsp3) is 0.273. The summed E-state index contributed by atoms with van der Waals surface area (Å²) >= 11 is 0. The van der Waals surface area contributed by atoms with E-state index in [0.29, 0.717) is 6.54 Å². The molecule has 0 heterocycles. The Balaban J connectivity index is 2.44. The molecule has 2 amide bonds. The molecule has 0 spiro atoms. The van der Waals surface area contributed by atoms with Crippen LogP contribution in [0.5, 0.6) is 0 Å². The number of benzene rings is 2. The highest BCUT2D eigenvalue weighted by molar-refractivity contribution is 5.89. The average molecular weight is 368 g/mol. The molecular formula is C22H25FN2O2. The average Bonchev–Trinajstić information content (AvgIpc) is 2.67. The first-order valence-corrected chi connectivity index (χ1v) is 8.92. The van der Waals surface area contributed by atoms with Crippen LogP contribution in [0.25, 0.3) is 0 Å². The minimum absolute atomic E-state index is 0.151. The van der Waals surface area contributed by atoms with Crippen molar-refractivity contribution in [1.29, 1.82) is 0 Å². The highest BCUT2D eigenvalue weighted by Crippen LogP contribution is 2.25. The zero-order valence-electron chi connectivity index (χ0n) is 15.7. The van der Waals surface area contributed by atoms with E-state index in [1.807, 2.05) is 30.3 Å². The van der Waals surface area contributed by atoms with E-state index in [-0.39, 0.29) is 30.1 Å². The van der Waals surface area contributed by atoms with E-state index in [2.05, 4.69) is 11.9 Å². The van der Waals surface area contributed by atoms with Gasteiger partial charge in [0.15, 0.2) is 0 Å². The van der Waals surface area contributed by atoms with Gasteiger partial charge in [0.1, 0.15) is 11.9 Å². The molecule has 0 unspecified atom stereocenters. The van der Waals surface area contributed by atoms with E-state index in [0.717, 1.165) is 11.1 Å². The van der Waals surface area contributed by atoms with Gasteiger partial charge in [0, 0.05) is 19.0 Å². The Morgan fingerprint density at radius 3 is 2.30 bits per heavy atom. The molecule has 0 saturated heterocycles. The Hall–Kier alpha value is -2.95. The molecule has 2 aromatic carbocycles. The predicted octanol–water partition coefficient (Wildman–Crippen LogP) is 3.85. The van der Waals surface area contributed by atoms with Crippen LogP contribution in [0.1, 0.15) is 31.0 Å². The number of hydrogen-bond acceptors (Lipinski definition) is 2. The van der Waals surface area contributed by atoms with Crippen LogP contribution in [-0.4, -0.2) is 23.3 Å². The number of carbonyl (C=O) groups excluding carboxylic acids is 2. The summed E-state index contributed by atoms with van der Waals surface area (Å²) in [5, 5.41) is 2.79. The van der Waals surface area contributed by atoms with Crippen LogP contribution in [-0.2, 0) is 16.1 Å². The number of nitrogens with one attached hydrogen (secondary N) is 1. The number of carbonyl (C=O) groups is 2. The van der Waals surface area contributed by atoms with Gasteiger partial charge in [-0.3, -0.25) is 9.59 Å². The molecule has 142 valence electrons. The lowest BCUT2D eigenvalue weighted by molar-refractivity contribution is -0.144. The quantitative estimate of drug-likeness (QED) is 0.720. The number of hydrogen-bond donors (Lipinski definition) is 1. The number of nitrogens with zero attached hydrogens (tertiary/aromatic N) is 1. The molecule has 27 heavy (non-hydrogen) atoms. The maximum absolute atomic E-state index is 13.2. The van der Waals surface area contributed by atoms with E-state index in [1.165, 1.54) is 12.1 Å². The summed E-state index contributed by atoms with van der Waals surface area (Å²) in [4.78, 5) is 27.4. The molecule has 1 N–H and O–H groups in total. The van der Waals surface area contributed by atoms with Crippen LogP contribution in [0.15, 0.2) is 67.3 Å². The van der Waals surface area contributed by atoms with Crippen LogP contribution in [0, 0.1) is 11.7 Å². The Bertz CT molecular complexity index is 773. The molecule has 0 bridgehead atoms. The monoisotopic (exact) mass is 368 g/mol. The third kappa shape index (κ3) is 5.51.